The molecule has 2 aliphatic rings. The maximum absolute atomic E-state index is 7.07. The molecular weight excluding hydrogens is 723 g/mol. The summed E-state index contributed by atoms with van der Waals surface area (Å²) < 4.78 is 13.7. The van der Waals surface area contributed by atoms with Crippen molar-refractivity contribution >= 4 is 0 Å². The van der Waals surface area contributed by atoms with E-state index in [2.05, 4.69) is 159 Å². The molecule has 59 heavy (non-hydrogen) atoms. The van der Waals surface area contributed by atoms with Crippen molar-refractivity contribution in [2.24, 2.45) is 0 Å². The number of aromatic nitrogens is 3. The van der Waals surface area contributed by atoms with Gasteiger partial charge in [-0.1, -0.05) is 178 Å². The molecule has 1 aliphatic heterocycles. The molecule has 5 nitrogen and oxygen atoms in total. The molecule has 5 heteroatoms. The molecule has 0 radical (unpaired) electrons. The highest BCUT2D eigenvalue weighted by molar-refractivity contribution is 5.91. The minimum absolute atomic E-state index is 0.175. The zero-order valence-electron chi connectivity index (χ0n) is 32.6. The van der Waals surface area contributed by atoms with Gasteiger partial charge in [0, 0.05) is 33.2 Å². The third kappa shape index (κ3) is 5.90. The Morgan fingerprint density at radius 1 is 0.339 bits per heavy atom. The minimum atomic E-state index is -0.175. The Hall–Kier alpha value is -7.63. The molecule has 0 bridgehead atoms. The van der Waals surface area contributed by atoms with Crippen LogP contribution in [0.2, 0.25) is 0 Å². The van der Waals surface area contributed by atoms with Gasteiger partial charge in [0.2, 0.25) is 0 Å². The van der Waals surface area contributed by atoms with Crippen molar-refractivity contribution < 1.29 is 9.47 Å². The smallest absolute Gasteiger partial charge is 0.178 e. The highest BCUT2D eigenvalue weighted by Gasteiger charge is 2.40. The predicted molar refractivity (Wildman–Crippen MR) is 237 cm³/mol. The Bertz CT molecular complexity index is 2980. The predicted octanol–water partition coefficient (Wildman–Crippen LogP) is 14.1. The Balaban J connectivity index is 1.07. The number of para-hydroxylation sites is 1. The van der Waals surface area contributed by atoms with Crippen molar-refractivity contribution in [3.63, 3.8) is 0 Å². The summed E-state index contributed by atoms with van der Waals surface area (Å²) in [7, 11) is 0. The van der Waals surface area contributed by atoms with Gasteiger partial charge >= 0.3 is 0 Å². The first kappa shape index (κ1) is 34.6. The number of ether oxygens (including phenoxy) is 2. The van der Waals surface area contributed by atoms with Crippen molar-refractivity contribution in [1.82, 2.24) is 15.0 Å². The summed E-state index contributed by atoms with van der Waals surface area (Å²) >= 11 is 0. The van der Waals surface area contributed by atoms with Gasteiger partial charge < -0.3 is 9.47 Å². The Labute approximate surface area is 343 Å². The van der Waals surface area contributed by atoms with Gasteiger partial charge in [-0.05, 0) is 68.8 Å². The fraction of sp³-hybridized carbons (Fsp3) is 0.0556. The number of fused-ring (bicyclic) bond motifs is 6. The standard InChI is InChI=1S/C54H37N3O2/c1-54(2)44-28-12-11-26-43(44)48-45(54)30-31-47-50(48)59-49-41(27-15-29-46(49)58-47)40-24-9-10-25-42(40)53-56-51(38-22-13-20-36(32-38)34-16-5-3-6-17-34)55-52(57-53)39-23-14-21-37(33-39)35-18-7-4-8-19-35/h3-33H,1-2H3. The van der Waals surface area contributed by atoms with Crippen LogP contribution in [0, 0.1) is 0 Å². The molecular formula is C54H37N3O2. The summed E-state index contributed by atoms with van der Waals surface area (Å²) in [6.45, 7) is 4.55. The molecule has 0 saturated carbocycles. The van der Waals surface area contributed by atoms with E-state index in [1.54, 1.807) is 0 Å². The van der Waals surface area contributed by atoms with E-state index in [-0.39, 0.29) is 5.41 Å². The molecule has 0 spiro atoms. The summed E-state index contributed by atoms with van der Waals surface area (Å²) in [4.78, 5) is 15.6. The Morgan fingerprint density at radius 2 is 0.831 bits per heavy atom. The third-order valence-electron chi connectivity index (χ3n) is 11.6. The molecule has 0 unspecified atom stereocenters. The second-order valence-corrected chi connectivity index (χ2v) is 15.6. The molecule has 0 amide bonds. The molecule has 1 aliphatic carbocycles. The Morgan fingerprint density at radius 3 is 1.49 bits per heavy atom. The molecule has 1 aromatic heterocycles. The molecule has 0 atom stereocenters. The first-order valence-electron chi connectivity index (χ1n) is 19.9. The summed E-state index contributed by atoms with van der Waals surface area (Å²) in [5.41, 5.74) is 13.5. The van der Waals surface area contributed by atoms with Gasteiger partial charge in [-0.15, -0.1) is 0 Å². The average Bonchev–Trinajstić information content (AvgIpc) is 3.54. The molecule has 280 valence electrons. The van der Waals surface area contributed by atoms with Crippen LogP contribution in [0.4, 0.5) is 0 Å². The topological polar surface area (TPSA) is 57.1 Å². The average molecular weight is 760 g/mol. The third-order valence-corrected chi connectivity index (χ3v) is 11.6. The van der Waals surface area contributed by atoms with E-state index in [4.69, 9.17) is 24.4 Å². The second-order valence-electron chi connectivity index (χ2n) is 15.6. The fourth-order valence-corrected chi connectivity index (χ4v) is 8.66. The number of hydrogen-bond donors (Lipinski definition) is 0. The number of nitrogens with zero attached hydrogens (tertiary/aromatic N) is 3. The highest BCUT2D eigenvalue weighted by Crippen LogP contribution is 2.59. The van der Waals surface area contributed by atoms with E-state index < -0.39 is 0 Å². The van der Waals surface area contributed by atoms with Gasteiger partial charge in [0.15, 0.2) is 40.5 Å². The number of hydrogen-bond acceptors (Lipinski definition) is 5. The van der Waals surface area contributed by atoms with Crippen molar-refractivity contribution in [3.05, 3.63) is 199 Å². The highest BCUT2D eigenvalue weighted by atomic mass is 16.6. The van der Waals surface area contributed by atoms with Gasteiger partial charge in [-0.25, -0.2) is 15.0 Å². The first-order valence-corrected chi connectivity index (χ1v) is 19.9. The van der Waals surface area contributed by atoms with Crippen LogP contribution >= 0.6 is 0 Å². The van der Waals surface area contributed by atoms with Gasteiger partial charge in [-0.2, -0.15) is 0 Å². The summed E-state index contributed by atoms with van der Waals surface area (Å²) in [6, 6.07) is 64.7. The van der Waals surface area contributed by atoms with E-state index in [9.17, 15) is 0 Å². The minimum Gasteiger partial charge on any atom is -0.449 e. The molecule has 2 heterocycles. The summed E-state index contributed by atoms with van der Waals surface area (Å²) in [6.07, 6.45) is 0. The largest absolute Gasteiger partial charge is 0.449 e. The van der Waals surface area contributed by atoms with Crippen LogP contribution in [0.15, 0.2) is 188 Å². The quantitative estimate of drug-likeness (QED) is 0.169. The number of benzene rings is 8. The zero-order valence-corrected chi connectivity index (χ0v) is 32.6. The molecule has 0 fully saturated rings. The van der Waals surface area contributed by atoms with Crippen LogP contribution in [0.5, 0.6) is 23.0 Å². The molecule has 9 aromatic rings. The van der Waals surface area contributed by atoms with E-state index in [1.807, 2.05) is 42.5 Å². The van der Waals surface area contributed by atoms with E-state index >= 15 is 0 Å². The second kappa shape index (κ2) is 13.8. The lowest BCUT2D eigenvalue weighted by Gasteiger charge is -2.26. The zero-order chi connectivity index (χ0) is 39.5. The fourth-order valence-electron chi connectivity index (χ4n) is 8.66. The van der Waals surface area contributed by atoms with E-state index in [0.29, 0.717) is 34.7 Å². The van der Waals surface area contributed by atoms with Gasteiger partial charge in [-0.3, -0.25) is 0 Å². The van der Waals surface area contributed by atoms with Crippen molar-refractivity contribution in [1.29, 1.82) is 0 Å². The maximum Gasteiger partial charge on any atom is 0.178 e. The normalized spacial score (nSPS) is 13.0. The van der Waals surface area contributed by atoms with Crippen molar-refractivity contribution in [3.8, 4) is 102 Å². The lowest BCUT2D eigenvalue weighted by atomic mass is 9.82. The van der Waals surface area contributed by atoms with Crippen LogP contribution in [-0.4, -0.2) is 15.0 Å². The van der Waals surface area contributed by atoms with Crippen LogP contribution in [-0.2, 0) is 5.41 Å². The molecule has 8 aromatic carbocycles. The first-order chi connectivity index (χ1) is 29.0. The molecule has 0 N–H and O–H groups in total. The van der Waals surface area contributed by atoms with Gasteiger partial charge in [0.1, 0.15) is 0 Å². The summed E-state index contributed by atoms with van der Waals surface area (Å²) in [5, 5.41) is 0. The lowest BCUT2D eigenvalue weighted by Crippen LogP contribution is -2.15. The SMILES string of the molecule is CC1(C)c2ccccc2-c2c1ccc1c2Oc2c(cccc2-c2ccccc2-c2nc(-c3cccc(-c4ccccc4)c3)nc(-c3cccc(-c4ccccc4)c3)n2)O1. The van der Waals surface area contributed by atoms with Crippen LogP contribution in [0.1, 0.15) is 25.0 Å². The summed E-state index contributed by atoms with van der Waals surface area (Å²) in [5.74, 6) is 4.48. The van der Waals surface area contributed by atoms with E-state index in [0.717, 1.165) is 61.4 Å². The maximum atomic E-state index is 7.07. The monoisotopic (exact) mass is 759 g/mol. The van der Waals surface area contributed by atoms with Gasteiger partial charge in [0.25, 0.3) is 0 Å². The van der Waals surface area contributed by atoms with Crippen LogP contribution in [0.25, 0.3) is 78.7 Å². The number of rotatable bonds is 6. The molecule has 0 saturated heterocycles. The van der Waals surface area contributed by atoms with E-state index in [1.165, 1.54) is 16.7 Å². The van der Waals surface area contributed by atoms with Crippen molar-refractivity contribution in [2.45, 2.75) is 19.3 Å². The van der Waals surface area contributed by atoms with Crippen molar-refractivity contribution in [2.75, 3.05) is 0 Å². The Kier molecular flexibility index (Phi) is 8.09. The van der Waals surface area contributed by atoms with Crippen LogP contribution < -0.4 is 9.47 Å². The van der Waals surface area contributed by atoms with Gasteiger partial charge in [0.05, 0.1) is 0 Å². The molecule has 11 rings (SSSR count). The van der Waals surface area contributed by atoms with Crippen LogP contribution in [0.3, 0.4) is 0 Å². The lowest BCUT2D eigenvalue weighted by molar-refractivity contribution is 0.361.